The minimum absolute atomic E-state index is 0.281. The Labute approximate surface area is 208 Å². The topological polar surface area (TPSA) is 97.6 Å². The Hall–Kier alpha value is -2.00. The molecule has 0 bridgehead atoms. The van der Waals surface area contributed by atoms with Crippen LogP contribution in [-0.2, 0) is 27.4 Å². The first kappa shape index (κ1) is 27.6. The van der Waals surface area contributed by atoms with Gasteiger partial charge in [0.15, 0.2) is 0 Å². The Bertz CT molecular complexity index is 871. The molecule has 0 saturated heterocycles. The fraction of sp³-hybridized carbons (Fsp3) is 0.571. The van der Waals surface area contributed by atoms with Gasteiger partial charge in [0.25, 0.3) is 0 Å². The summed E-state index contributed by atoms with van der Waals surface area (Å²) in [5.74, 6) is -0.212. The molecule has 194 valence electrons. The van der Waals surface area contributed by atoms with Crippen LogP contribution in [0.3, 0.4) is 0 Å². The molecule has 0 amide bonds. The first-order valence-electron chi connectivity index (χ1n) is 12.2. The van der Waals surface area contributed by atoms with E-state index in [4.69, 9.17) is 18.9 Å². The van der Waals surface area contributed by atoms with Crippen molar-refractivity contribution in [3.63, 3.8) is 0 Å². The third-order valence-electron chi connectivity index (χ3n) is 7.28. The minimum Gasteiger partial charge on any atom is -0.497 e. The highest BCUT2D eigenvalue weighted by atomic mass is 16.5. The minimum atomic E-state index is -0.979. The van der Waals surface area contributed by atoms with Crippen molar-refractivity contribution in [2.75, 3.05) is 27.4 Å². The zero-order valence-electron chi connectivity index (χ0n) is 21.2. The van der Waals surface area contributed by atoms with E-state index in [1.54, 1.807) is 7.11 Å². The number of aliphatic hydroxyl groups is 3. The number of aliphatic hydroxyl groups excluding tert-OH is 3. The van der Waals surface area contributed by atoms with Crippen LogP contribution in [0.15, 0.2) is 54.6 Å². The highest BCUT2D eigenvalue weighted by Crippen LogP contribution is 2.52. The molecule has 0 spiro atoms. The number of hydrogen-bond acceptors (Lipinski definition) is 7. The molecule has 1 aliphatic carbocycles. The van der Waals surface area contributed by atoms with E-state index in [2.05, 4.69) is 0 Å². The average molecular weight is 489 g/mol. The Morgan fingerprint density at radius 3 is 2.20 bits per heavy atom. The van der Waals surface area contributed by atoms with Gasteiger partial charge in [-0.25, -0.2) is 0 Å². The molecule has 6 atom stereocenters. The summed E-state index contributed by atoms with van der Waals surface area (Å²) < 4.78 is 22.7. The second-order valence-electron chi connectivity index (χ2n) is 9.86. The molecular weight excluding hydrogens is 448 g/mol. The zero-order chi connectivity index (χ0) is 25.4. The smallest absolute Gasteiger partial charge is 0.118 e. The van der Waals surface area contributed by atoms with Crippen molar-refractivity contribution in [3.05, 3.63) is 65.7 Å². The van der Waals surface area contributed by atoms with Crippen molar-refractivity contribution in [1.82, 2.24) is 0 Å². The molecule has 0 radical (unpaired) electrons. The normalized spacial score (nSPS) is 23.8. The lowest BCUT2D eigenvalue weighted by Gasteiger charge is -2.58. The van der Waals surface area contributed by atoms with E-state index in [0.717, 1.165) is 16.9 Å². The molecule has 0 aliphatic heterocycles. The summed E-state index contributed by atoms with van der Waals surface area (Å²) in [5, 5.41) is 32.3. The van der Waals surface area contributed by atoms with Crippen LogP contribution in [0.2, 0.25) is 0 Å². The fourth-order valence-corrected chi connectivity index (χ4v) is 5.02. The Kier molecular flexibility index (Phi) is 10.1. The molecule has 1 saturated carbocycles. The first-order valence-corrected chi connectivity index (χ1v) is 12.2. The second-order valence-corrected chi connectivity index (χ2v) is 9.86. The van der Waals surface area contributed by atoms with Crippen molar-refractivity contribution in [1.29, 1.82) is 0 Å². The van der Waals surface area contributed by atoms with Gasteiger partial charge in [-0.05, 0) is 29.7 Å². The summed E-state index contributed by atoms with van der Waals surface area (Å²) in [4.78, 5) is 0. The van der Waals surface area contributed by atoms with Crippen molar-refractivity contribution in [3.8, 4) is 5.75 Å². The average Bonchev–Trinajstić information content (AvgIpc) is 2.88. The van der Waals surface area contributed by atoms with Crippen molar-refractivity contribution >= 4 is 0 Å². The van der Waals surface area contributed by atoms with Crippen LogP contribution >= 0.6 is 0 Å². The van der Waals surface area contributed by atoms with Crippen LogP contribution in [0.1, 0.15) is 31.4 Å². The van der Waals surface area contributed by atoms with E-state index in [1.807, 2.05) is 68.4 Å². The first-order chi connectivity index (χ1) is 16.8. The third kappa shape index (κ3) is 6.61. The monoisotopic (exact) mass is 488 g/mol. The molecule has 0 unspecified atom stereocenters. The van der Waals surface area contributed by atoms with Gasteiger partial charge in [0.05, 0.1) is 44.7 Å². The molecule has 2 aromatic carbocycles. The van der Waals surface area contributed by atoms with Crippen molar-refractivity contribution < 1.29 is 34.3 Å². The molecule has 0 aromatic heterocycles. The molecule has 2 aromatic rings. The largest absolute Gasteiger partial charge is 0.497 e. The molecule has 1 fully saturated rings. The van der Waals surface area contributed by atoms with Gasteiger partial charge in [-0.3, -0.25) is 0 Å². The lowest BCUT2D eigenvalue weighted by atomic mass is 9.54. The number of ether oxygens (including phenoxy) is 4. The van der Waals surface area contributed by atoms with Crippen LogP contribution in [0, 0.1) is 17.3 Å². The number of methoxy groups -OCH3 is 2. The second kappa shape index (κ2) is 12.8. The summed E-state index contributed by atoms with van der Waals surface area (Å²) in [6, 6.07) is 17.5. The van der Waals surface area contributed by atoms with Gasteiger partial charge in [-0.1, -0.05) is 56.3 Å². The van der Waals surface area contributed by atoms with Crippen LogP contribution in [0.25, 0.3) is 0 Å². The van der Waals surface area contributed by atoms with Crippen LogP contribution in [0.4, 0.5) is 0 Å². The van der Waals surface area contributed by atoms with Gasteiger partial charge < -0.3 is 34.3 Å². The van der Waals surface area contributed by atoms with Gasteiger partial charge in [0.2, 0.25) is 0 Å². The van der Waals surface area contributed by atoms with E-state index in [-0.39, 0.29) is 12.7 Å². The van der Waals surface area contributed by atoms with Crippen LogP contribution in [-0.4, -0.2) is 67.2 Å². The fourth-order valence-electron chi connectivity index (χ4n) is 5.02. The number of hydrogen-bond donors (Lipinski definition) is 3. The Morgan fingerprint density at radius 2 is 1.60 bits per heavy atom. The van der Waals surface area contributed by atoms with E-state index in [0.29, 0.717) is 26.2 Å². The summed E-state index contributed by atoms with van der Waals surface area (Å²) >= 11 is 0. The summed E-state index contributed by atoms with van der Waals surface area (Å²) in [7, 11) is 3.17. The van der Waals surface area contributed by atoms with E-state index in [9.17, 15) is 15.3 Å². The number of rotatable bonds is 14. The van der Waals surface area contributed by atoms with Gasteiger partial charge in [-0.2, -0.15) is 0 Å². The molecular formula is C28H40O7. The zero-order valence-corrected chi connectivity index (χ0v) is 21.2. The third-order valence-corrected chi connectivity index (χ3v) is 7.28. The Balaban J connectivity index is 1.56. The molecule has 0 heterocycles. The van der Waals surface area contributed by atoms with E-state index in [1.165, 1.54) is 7.11 Å². The SMILES string of the molecule is COc1ccc(COCC[C@@H](OC)[C@H](O)[C@@H](CO)[C@@H]2[C@H](O)C(C)(C)[C@H]2OCc2ccccc2)cc1. The van der Waals surface area contributed by atoms with Crippen molar-refractivity contribution in [2.45, 2.75) is 57.9 Å². The van der Waals surface area contributed by atoms with Gasteiger partial charge in [0.1, 0.15) is 5.75 Å². The van der Waals surface area contributed by atoms with Crippen LogP contribution < -0.4 is 4.74 Å². The molecule has 3 rings (SSSR count). The molecule has 1 aliphatic rings. The van der Waals surface area contributed by atoms with Crippen molar-refractivity contribution in [2.24, 2.45) is 17.3 Å². The maximum atomic E-state index is 11.1. The maximum Gasteiger partial charge on any atom is 0.118 e. The lowest BCUT2D eigenvalue weighted by Crippen LogP contribution is -2.67. The van der Waals surface area contributed by atoms with Gasteiger partial charge in [0, 0.05) is 37.6 Å². The summed E-state index contributed by atoms with van der Waals surface area (Å²) in [6.45, 7) is 4.84. The molecule has 7 nitrogen and oxygen atoms in total. The van der Waals surface area contributed by atoms with E-state index < -0.39 is 35.6 Å². The lowest BCUT2D eigenvalue weighted by molar-refractivity contribution is -0.260. The van der Waals surface area contributed by atoms with Gasteiger partial charge in [-0.15, -0.1) is 0 Å². The van der Waals surface area contributed by atoms with Crippen LogP contribution in [0.5, 0.6) is 5.75 Å². The molecule has 3 N–H and O–H groups in total. The molecule has 7 heteroatoms. The quantitative estimate of drug-likeness (QED) is 0.351. The Morgan fingerprint density at radius 1 is 0.943 bits per heavy atom. The number of benzene rings is 2. The van der Waals surface area contributed by atoms with Gasteiger partial charge >= 0.3 is 0 Å². The summed E-state index contributed by atoms with van der Waals surface area (Å²) in [5.41, 5.74) is 1.57. The summed E-state index contributed by atoms with van der Waals surface area (Å²) in [6.07, 6.45) is -2.10. The highest BCUT2D eigenvalue weighted by molar-refractivity contribution is 5.26. The standard InChI is InChI=1S/C28H40O7/c1-28(2)26(31)24(27(28)35-18-19-8-6-5-7-9-19)22(16-29)25(30)23(33-4)14-15-34-17-20-10-12-21(32-3)13-11-20/h5-13,22-27,29-31H,14-18H2,1-4H3/t22-,23+,24+,25+,26-,27-/m0/s1. The molecule has 35 heavy (non-hydrogen) atoms. The predicted molar refractivity (Wildman–Crippen MR) is 133 cm³/mol. The predicted octanol–water partition coefficient (Wildman–Crippen LogP) is 3.19. The highest BCUT2D eigenvalue weighted by Gasteiger charge is 2.60. The maximum absolute atomic E-state index is 11.1. The van der Waals surface area contributed by atoms with E-state index >= 15 is 0 Å².